The van der Waals surface area contributed by atoms with Gasteiger partial charge in [-0.1, -0.05) is 31.5 Å². The van der Waals surface area contributed by atoms with E-state index in [1.165, 1.54) is 12.1 Å². The Morgan fingerprint density at radius 2 is 1.86 bits per heavy atom. The van der Waals surface area contributed by atoms with E-state index in [1.54, 1.807) is 24.3 Å². The summed E-state index contributed by atoms with van der Waals surface area (Å²) in [7, 11) is 0. The van der Waals surface area contributed by atoms with Crippen LogP contribution in [0, 0.1) is 10.1 Å². The lowest BCUT2D eigenvalue weighted by Crippen LogP contribution is -1.87. The Morgan fingerprint density at radius 1 is 1.14 bits per heavy atom. The van der Waals surface area contributed by atoms with Crippen LogP contribution in [0.2, 0.25) is 0 Å². The first-order chi connectivity index (χ1) is 10.6. The van der Waals surface area contributed by atoms with Crippen molar-refractivity contribution in [3.05, 3.63) is 58.1 Å². The number of nitrogens with zero attached hydrogens (tertiary/aromatic N) is 3. The summed E-state index contributed by atoms with van der Waals surface area (Å²) < 4.78 is 0. The van der Waals surface area contributed by atoms with E-state index in [2.05, 4.69) is 17.2 Å². The van der Waals surface area contributed by atoms with Gasteiger partial charge in [0.05, 0.1) is 4.92 Å². The van der Waals surface area contributed by atoms with E-state index in [9.17, 15) is 15.2 Å². The summed E-state index contributed by atoms with van der Waals surface area (Å²) in [5, 5.41) is 28.6. The molecule has 0 saturated heterocycles. The molecule has 0 amide bonds. The largest absolute Gasteiger partial charge is 0.506 e. The van der Waals surface area contributed by atoms with E-state index < -0.39 is 4.92 Å². The Hall–Kier alpha value is -2.76. The molecule has 2 rings (SSSR count). The zero-order valence-electron chi connectivity index (χ0n) is 12.3. The normalized spacial score (nSPS) is 11.0. The Morgan fingerprint density at radius 3 is 2.59 bits per heavy atom. The van der Waals surface area contributed by atoms with E-state index in [1.807, 2.05) is 6.07 Å². The number of aryl methyl sites for hydroxylation is 1. The fraction of sp³-hybridized carbons (Fsp3) is 0.250. The molecule has 6 nitrogen and oxygen atoms in total. The SMILES string of the molecule is CCCCc1ccc(O)c(/N=N/c2ccccc2[N+](=O)[O-])c1. The number of phenols is 1. The molecule has 0 spiro atoms. The average molecular weight is 299 g/mol. The molecule has 0 saturated carbocycles. The second-order valence-corrected chi connectivity index (χ2v) is 4.87. The van der Waals surface area contributed by atoms with Crippen molar-refractivity contribution in [3.63, 3.8) is 0 Å². The molecule has 2 aromatic rings. The number of rotatable bonds is 6. The van der Waals surface area contributed by atoms with Gasteiger partial charge in [0.25, 0.3) is 5.69 Å². The first-order valence-corrected chi connectivity index (χ1v) is 7.09. The van der Waals surface area contributed by atoms with E-state index in [0.717, 1.165) is 24.8 Å². The smallest absolute Gasteiger partial charge is 0.296 e. The Labute approximate surface area is 128 Å². The summed E-state index contributed by atoms with van der Waals surface area (Å²) in [5.41, 5.74) is 1.40. The highest BCUT2D eigenvalue weighted by atomic mass is 16.6. The third-order valence-corrected chi connectivity index (χ3v) is 3.20. The molecule has 1 N–H and O–H groups in total. The standard InChI is InChI=1S/C16H17N3O3/c1-2-3-6-12-9-10-16(20)14(11-12)18-17-13-7-4-5-8-15(13)19(21)22/h4-5,7-11,20H,2-3,6H2,1H3/b18-17+. The number of phenolic OH excluding ortho intramolecular Hbond substituents is 1. The average Bonchev–Trinajstić information content (AvgIpc) is 2.53. The van der Waals surface area contributed by atoms with Gasteiger partial charge in [0, 0.05) is 6.07 Å². The van der Waals surface area contributed by atoms with Gasteiger partial charge in [-0.15, -0.1) is 10.2 Å². The monoisotopic (exact) mass is 299 g/mol. The highest BCUT2D eigenvalue weighted by molar-refractivity contribution is 5.58. The summed E-state index contributed by atoms with van der Waals surface area (Å²) in [6.45, 7) is 2.11. The van der Waals surface area contributed by atoms with Gasteiger partial charge in [-0.25, -0.2) is 0 Å². The van der Waals surface area contributed by atoms with Crippen LogP contribution in [-0.2, 0) is 6.42 Å². The van der Waals surface area contributed by atoms with Crippen LogP contribution in [0.5, 0.6) is 5.75 Å². The number of benzene rings is 2. The highest BCUT2D eigenvalue weighted by Gasteiger charge is 2.11. The predicted molar refractivity (Wildman–Crippen MR) is 84.0 cm³/mol. The van der Waals surface area contributed by atoms with Gasteiger partial charge in [0.1, 0.15) is 11.4 Å². The minimum atomic E-state index is -0.508. The van der Waals surface area contributed by atoms with Crippen LogP contribution >= 0.6 is 0 Å². The topological polar surface area (TPSA) is 88.1 Å². The van der Waals surface area contributed by atoms with Crippen LogP contribution in [0.4, 0.5) is 17.1 Å². The molecule has 114 valence electrons. The van der Waals surface area contributed by atoms with Gasteiger partial charge < -0.3 is 5.11 Å². The molecular weight excluding hydrogens is 282 g/mol. The zero-order valence-corrected chi connectivity index (χ0v) is 12.3. The number of hydrogen-bond acceptors (Lipinski definition) is 5. The van der Waals surface area contributed by atoms with Crippen LogP contribution in [0.25, 0.3) is 0 Å². The lowest BCUT2D eigenvalue weighted by Gasteiger charge is -2.03. The van der Waals surface area contributed by atoms with E-state index in [-0.39, 0.29) is 17.1 Å². The van der Waals surface area contributed by atoms with Crippen molar-refractivity contribution in [1.29, 1.82) is 0 Å². The second kappa shape index (κ2) is 7.31. The molecule has 22 heavy (non-hydrogen) atoms. The molecule has 0 heterocycles. The molecule has 0 aliphatic heterocycles. The molecule has 0 aliphatic carbocycles. The molecule has 0 atom stereocenters. The Balaban J connectivity index is 2.28. The van der Waals surface area contributed by atoms with Crippen LogP contribution in [-0.4, -0.2) is 10.0 Å². The van der Waals surface area contributed by atoms with Crippen molar-refractivity contribution in [1.82, 2.24) is 0 Å². The molecule has 0 fully saturated rings. The summed E-state index contributed by atoms with van der Waals surface area (Å²) >= 11 is 0. The van der Waals surface area contributed by atoms with Crippen molar-refractivity contribution in [2.45, 2.75) is 26.2 Å². The lowest BCUT2D eigenvalue weighted by molar-refractivity contribution is -0.384. The van der Waals surface area contributed by atoms with Gasteiger partial charge in [-0.2, -0.15) is 0 Å². The van der Waals surface area contributed by atoms with E-state index in [4.69, 9.17) is 0 Å². The number of aromatic hydroxyl groups is 1. The molecule has 0 aromatic heterocycles. The summed E-state index contributed by atoms with van der Waals surface area (Å²) in [4.78, 5) is 10.4. The third kappa shape index (κ3) is 3.88. The van der Waals surface area contributed by atoms with Crippen LogP contribution < -0.4 is 0 Å². The maximum atomic E-state index is 10.9. The van der Waals surface area contributed by atoms with Gasteiger partial charge >= 0.3 is 0 Å². The number of para-hydroxylation sites is 1. The number of unbranched alkanes of at least 4 members (excludes halogenated alkanes) is 1. The predicted octanol–water partition coefficient (Wildman–Crippen LogP) is 5.06. The van der Waals surface area contributed by atoms with E-state index in [0.29, 0.717) is 5.69 Å². The van der Waals surface area contributed by atoms with Gasteiger partial charge in [-0.05, 0) is 36.6 Å². The first-order valence-electron chi connectivity index (χ1n) is 7.09. The van der Waals surface area contributed by atoms with E-state index >= 15 is 0 Å². The minimum Gasteiger partial charge on any atom is -0.506 e. The maximum Gasteiger partial charge on any atom is 0.296 e. The number of hydrogen-bond donors (Lipinski definition) is 1. The first kappa shape index (κ1) is 15.6. The van der Waals surface area contributed by atoms with Crippen molar-refractivity contribution in [3.8, 4) is 5.75 Å². The second-order valence-electron chi connectivity index (χ2n) is 4.87. The number of nitro benzene ring substituents is 1. The Kier molecular flexibility index (Phi) is 5.19. The van der Waals surface area contributed by atoms with Gasteiger partial charge in [0.15, 0.2) is 5.69 Å². The number of azo groups is 1. The van der Waals surface area contributed by atoms with Crippen molar-refractivity contribution >= 4 is 17.1 Å². The molecule has 0 aliphatic rings. The molecule has 0 unspecified atom stereocenters. The van der Waals surface area contributed by atoms with Gasteiger partial charge in [-0.3, -0.25) is 10.1 Å². The lowest BCUT2D eigenvalue weighted by atomic mass is 10.1. The highest BCUT2D eigenvalue weighted by Crippen LogP contribution is 2.32. The quantitative estimate of drug-likeness (QED) is 0.459. The number of nitro groups is 1. The molecule has 0 bridgehead atoms. The van der Waals surface area contributed by atoms with Crippen LogP contribution in [0.3, 0.4) is 0 Å². The van der Waals surface area contributed by atoms with Crippen LogP contribution in [0.1, 0.15) is 25.3 Å². The zero-order chi connectivity index (χ0) is 15.9. The Bertz CT molecular complexity index is 699. The summed E-state index contributed by atoms with van der Waals surface area (Å²) in [6.07, 6.45) is 3.02. The van der Waals surface area contributed by atoms with Gasteiger partial charge in [0.2, 0.25) is 0 Å². The summed E-state index contributed by atoms with van der Waals surface area (Å²) in [5.74, 6) is 0.00239. The van der Waals surface area contributed by atoms with Crippen molar-refractivity contribution in [2.75, 3.05) is 0 Å². The maximum absolute atomic E-state index is 10.9. The van der Waals surface area contributed by atoms with Crippen molar-refractivity contribution in [2.24, 2.45) is 10.2 Å². The fourth-order valence-electron chi connectivity index (χ4n) is 2.00. The third-order valence-electron chi connectivity index (χ3n) is 3.20. The molecule has 2 aromatic carbocycles. The van der Waals surface area contributed by atoms with Crippen LogP contribution in [0.15, 0.2) is 52.7 Å². The molecular formula is C16H17N3O3. The molecule has 0 radical (unpaired) electrons. The summed E-state index contributed by atoms with van der Waals surface area (Å²) in [6, 6.07) is 11.3. The minimum absolute atomic E-state index is 0.00239. The van der Waals surface area contributed by atoms with Crippen molar-refractivity contribution < 1.29 is 10.0 Å². The molecule has 6 heteroatoms. The fourth-order valence-corrected chi connectivity index (χ4v) is 2.00.